The molecular formula is C12H14FN3O3. The maximum Gasteiger partial charge on any atom is 0.271 e. The average molecular weight is 267 g/mol. The number of amides is 1. The second kappa shape index (κ2) is 5.75. The summed E-state index contributed by atoms with van der Waals surface area (Å²) in [7, 11) is 0. The molecular weight excluding hydrogens is 253 g/mol. The topological polar surface area (TPSA) is 84.3 Å². The van der Waals surface area contributed by atoms with Crippen LogP contribution < -0.4 is 10.6 Å². The minimum Gasteiger partial charge on any atom is -0.323 e. The number of rotatable bonds is 6. The summed E-state index contributed by atoms with van der Waals surface area (Å²) in [6, 6.07) is 3.54. The molecule has 1 aliphatic rings. The van der Waals surface area contributed by atoms with Gasteiger partial charge in [0.05, 0.1) is 10.6 Å². The van der Waals surface area contributed by atoms with Crippen molar-refractivity contribution in [1.29, 1.82) is 0 Å². The van der Waals surface area contributed by atoms with Crippen LogP contribution in [0.25, 0.3) is 0 Å². The van der Waals surface area contributed by atoms with E-state index in [0.29, 0.717) is 12.6 Å². The number of hydrogen-bond donors (Lipinski definition) is 2. The van der Waals surface area contributed by atoms with Gasteiger partial charge in [-0.25, -0.2) is 4.39 Å². The van der Waals surface area contributed by atoms with E-state index in [2.05, 4.69) is 10.6 Å². The monoisotopic (exact) mass is 267 g/mol. The summed E-state index contributed by atoms with van der Waals surface area (Å²) in [6.45, 7) is 0.521. The van der Waals surface area contributed by atoms with Gasteiger partial charge >= 0.3 is 0 Å². The lowest BCUT2D eigenvalue weighted by Crippen LogP contribution is -2.23. The molecule has 1 aliphatic carbocycles. The van der Waals surface area contributed by atoms with Gasteiger partial charge in [0.2, 0.25) is 5.91 Å². The lowest BCUT2D eigenvalue weighted by atomic mass is 10.2. The molecule has 1 saturated carbocycles. The number of carbonyl (C=O) groups is 1. The van der Waals surface area contributed by atoms with E-state index in [0.717, 1.165) is 31.0 Å². The standard InChI is InChI=1S/C12H14FN3O3/c13-10-4-3-9(16(18)19)7-11(10)15-12(17)5-6-14-8-1-2-8/h3-4,7-8,14H,1-2,5-6H2,(H,15,17). The Morgan fingerprint density at radius 3 is 2.84 bits per heavy atom. The number of nitro groups is 1. The van der Waals surface area contributed by atoms with E-state index in [9.17, 15) is 19.3 Å². The summed E-state index contributed by atoms with van der Waals surface area (Å²) in [4.78, 5) is 21.5. The maximum atomic E-state index is 13.4. The first-order valence-electron chi connectivity index (χ1n) is 6.03. The van der Waals surface area contributed by atoms with Gasteiger partial charge in [-0.2, -0.15) is 0 Å². The van der Waals surface area contributed by atoms with Gasteiger partial charge in [-0.05, 0) is 18.9 Å². The lowest BCUT2D eigenvalue weighted by Gasteiger charge is -2.06. The lowest BCUT2D eigenvalue weighted by molar-refractivity contribution is -0.384. The van der Waals surface area contributed by atoms with E-state index < -0.39 is 10.7 Å². The molecule has 1 fully saturated rings. The first kappa shape index (κ1) is 13.4. The van der Waals surface area contributed by atoms with E-state index >= 15 is 0 Å². The molecule has 0 saturated heterocycles. The molecule has 1 amide bonds. The number of carbonyl (C=O) groups excluding carboxylic acids is 1. The minimum atomic E-state index is -0.686. The van der Waals surface area contributed by atoms with Crippen LogP contribution >= 0.6 is 0 Å². The van der Waals surface area contributed by atoms with Crippen molar-refractivity contribution in [3.05, 3.63) is 34.1 Å². The van der Waals surface area contributed by atoms with Crippen molar-refractivity contribution >= 4 is 17.3 Å². The Kier molecular flexibility index (Phi) is 4.06. The Labute approximate surface area is 109 Å². The third-order valence-electron chi connectivity index (χ3n) is 2.80. The molecule has 0 bridgehead atoms. The van der Waals surface area contributed by atoms with Crippen LogP contribution in [0.5, 0.6) is 0 Å². The molecule has 6 nitrogen and oxygen atoms in total. The Bertz CT molecular complexity index is 503. The predicted molar refractivity (Wildman–Crippen MR) is 67.3 cm³/mol. The molecule has 2 N–H and O–H groups in total. The number of non-ortho nitro benzene ring substituents is 1. The molecule has 0 spiro atoms. The molecule has 1 aromatic carbocycles. The average Bonchev–Trinajstić information content (AvgIpc) is 3.15. The summed E-state index contributed by atoms with van der Waals surface area (Å²) in [5, 5.41) is 16.1. The summed E-state index contributed by atoms with van der Waals surface area (Å²) >= 11 is 0. The van der Waals surface area contributed by atoms with Gasteiger partial charge in [0.25, 0.3) is 5.69 Å². The quantitative estimate of drug-likeness (QED) is 0.608. The molecule has 0 unspecified atom stereocenters. The molecule has 102 valence electrons. The van der Waals surface area contributed by atoms with Gasteiger partial charge in [0.15, 0.2) is 0 Å². The smallest absolute Gasteiger partial charge is 0.271 e. The molecule has 0 aliphatic heterocycles. The Morgan fingerprint density at radius 1 is 1.47 bits per heavy atom. The summed E-state index contributed by atoms with van der Waals surface area (Å²) < 4.78 is 13.4. The highest BCUT2D eigenvalue weighted by Gasteiger charge is 2.20. The van der Waals surface area contributed by atoms with E-state index in [1.54, 1.807) is 0 Å². The van der Waals surface area contributed by atoms with E-state index in [1.165, 1.54) is 0 Å². The van der Waals surface area contributed by atoms with Gasteiger partial charge in [0, 0.05) is 31.1 Å². The minimum absolute atomic E-state index is 0.161. The molecule has 7 heteroatoms. The van der Waals surface area contributed by atoms with Gasteiger partial charge in [-0.3, -0.25) is 14.9 Å². The van der Waals surface area contributed by atoms with Crippen LogP contribution in [-0.4, -0.2) is 23.4 Å². The number of nitrogens with zero attached hydrogens (tertiary/aromatic N) is 1. The SMILES string of the molecule is O=C(CCNC1CC1)Nc1cc([N+](=O)[O-])ccc1F. The van der Waals surface area contributed by atoms with Gasteiger partial charge in [-0.15, -0.1) is 0 Å². The zero-order valence-electron chi connectivity index (χ0n) is 10.2. The number of nitro benzene ring substituents is 1. The fourth-order valence-corrected chi connectivity index (χ4v) is 1.61. The Balaban J connectivity index is 1.90. The van der Waals surface area contributed by atoms with E-state index in [1.807, 2.05) is 0 Å². The van der Waals surface area contributed by atoms with Crippen molar-refractivity contribution in [2.75, 3.05) is 11.9 Å². The van der Waals surface area contributed by atoms with Crippen LogP contribution in [0.1, 0.15) is 19.3 Å². The van der Waals surface area contributed by atoms with Crippen LogP contribution in [-0.2, 0) is 4.79 Å². The number of halogens is 1. The summed E-state index contributed by atoms with van der Waals surface area (Å²) in [5.74, 6) is -1.05. The van der Waals surface area contributed by atoms with Crippen molar-refractivity contribution in [2.24, 2.45) is 0 Å². The third-order valence-corrected chi connectivity index (χ3v) is 2.80. The highest BCUT2D eigenvalue weighted by atomic mass is 19.1. The van der Waals surface area contributed by atoms with Crippen molar-refractivity contribution in [3.8, 4) is 0 Å². The predicted octanol–water partition coefficient (Wildman–Crippen LogP) is 1.81. The molecule has 19 heavy (non-hydrogen) atoms. The van der Waals surface area contributed by atoms with Crippen molar-refractivity contribution in [1.82, 2.24) is 5.32 Å². The third kappa shape index (κ3) is 3.99. The first-order chi connectivity index (χ1) is 9.06. The highest BCUT2D eigenvalue weighted by molar-refractivity contribution is 5.91. The zero-order chi connectivity index (χ0) is 13.8. The largest absolute Gasteiger partial charge is 0.323 e. The molecule has 2 rings (SSSR count). The molecule has 0 atom stereocenters. The van der Waals surface area contributed by atoms with E-state index in [4.69, 9.17) is 0 Å². The normalized spacial score (nSPS) is 14.2. The molecule has 0 heterocycles. The van der Waals surface area contributed by atoms with Crippen molar-refractivity contribution < 1.29 is 14.1 Å². The number of benzene rings is 1. The number of nitrogens with one attached hydrogen (secondary N) is 2. The van der Waals surface area contributed by atoms with Crippen molar-refractivity contribution in [2.45, 2.75) is 25.3 Å². The Hall–Kier alpha value is -2.02. The fourth-order valence-electron chi connectivity index (χ4n) is 1.61. The van der Waals surface area contributed by atoms with Gasteiger partial charge in [0.1, 0.15) is 5.82 Å². The van der Waals surface area contributed by atoms with Crippen LogP contribution in [0.4, 0.5) is 15.8 Å². The van der Waals surface area contributed by atoms with Crippen LogP contribution in [0.15, 0.2) is 18.2 Å². The first-order valence-corrected chi connectivity index (χ1v) is 6.03. The molecule has 0 radical (unpaired) electrons. The molecule has 1 aromatic rings. The summed E-state index contributed by atoms with van der Waals surface area (Å²) in [6.07, 6.45) is 2.46. The fraction of sp³-hybridized carbons (Fsp3) is 0.417. The maximum absolute atomic E-state index is 13.4. The van der Waals surface area contributed by atoms with Gasteiger partial charge in [-0.1, -0.05) is 0 Å². The molecule has 0 aromatic heterocycles. The Morgan fingerprint density at radius 2 is 2.21 bits per heavy atom. The highest BCUT2D eigenvalue weighted by Crippen LogP contribution is 2.21. The van der Waals surface area contributed by atoms with E-state index in [-0.39, 0.29) is 23.7 Å². The van der Waals surface area contributed by atoms with Crippen LogP contribution in [0, 0.1) is 15.9 Å². The summed E-state index contributed by atoms with van der Waals surface area (Å²) in [5.41, 5.74) is -0.418. The second-order valence-electron chi connectivity index (χ2n) is 4.45. The number of hydrogen-bond acceptors (Lipinski definition) is 4. The zero-order valence-corrected chi connectivity index (χ0v) is 10.2. The number of anilines is 1. The second-order valence-corrected chi connectivity index (χ2v) is 4.45. The van der Waals surface area contributed by atoms with Crippen molar-refractivity contribution in [3.63, 3.8) is 0 Å². The van der Waals surface area contributed by atoms with Gasteiger partial charge < -0.3 is 10.6 Å². The van der Waals surface area contributed by atoms with Crippen LogP contribution in [0.3, 0.4) is 0 Å². The van der Waals surface area contributed by atoms with Crippen LogP contribution in [0.2, 0.25) is 0 Å².